The number of carbonyl (C=O) groups excluding carboxylic acids is 1. The van der Waals surface area contributed by atoms with E-state index < -0.39 is 0 Å². The highest BCUT2D eigenvalue weighted by Gasteiger charge is 2.11. The van der Waals surface area contributed by atoms with Gasteiger partial charge < -0.3 is 15.5 Å². The Morgan fingerprint density at radius 3 is 2.69 bits per heavy atom. The van der Waals surface area contributed by atoms with Gasteiger partial charge in [-0.3, -0.25) is 0 Å². The van der Waals surface area contributed by atoms with Crippen LogP contribution in [0.25, 0.3) is 5.69 Å². The largest absolute Gasteiger partial charge is 0.370 e. The van der Waals surface area contributed by atoms with Gasteiger partial charge in [0, 0.05) is 43.4 Å². The van der Waals surface area contributed by atoms with Crippen LogP contribution in [-0.2, 0) is 0 Å². The molecular weight excluding hydrogens is 326 g/mol. The number of aromatic nitrogens is 2. The molecule has 3 rings (SSSR count). The number of rotatable bonds is 6. The maximum Gasteiger partial charge on any atom is 0.319 e. The summed E-state index contributed by atoms with van der Waals surface area (Å²) >= 11 is 0. The van der Waals surface area contributed by atoms with E-state index in [0.717, 1.165) is 17.1 Å². The van der Waals surface area contributed by atoms with Crippen molar-refractivity contribution >= 4 is 17.4 Å². The Kier molecular flexibility index (Phi) is 5.53. The second-order valence-corrected chi connectivity index (χ2v) is 6.13. The van der Waals surface area contributed by atoms with Crippen LogP contribution in [0.5, 0.6) is 0 Å². The molecule has 1 aromatic heterocycles. The second kappa shape index (κ2) is 8.20. The van der Waals surface area contributed by atoms with Crippen molar-refractivity contribution in [3.05, 3.63) is 73.1 Å². The van der Waals surface area contributed by atoms with Gasteiger partial charge in [0.15, 0.2) is 0 Å². The minimum Gasteiger partial charge on any atom is -0.370 e. The zero-order chi connectivity index (χ0) is 18.4. The number of amides is 2. The Hall–Kier alpha value is -3.28. The lowest BCUT2D eigenvalue weighted by Gasteiger charge is -2.27. The van der Waals surface area contributed by atoms with Gasteiger partial charge in [0.1, 0.15) is 0 Å². The van der Waals surface area contributed by atoms with Gasteiger partial charge in [0.05, 0.1) is 5.69 Å². The molecular formula is C20H23N5O. The van der Waals surface area contributed by atoms with E-state index in [1.54, 1.807) is 10.9 Å². The molecule has 134 valence electrons. The van der Waals surface area contributed by atoms with Crippen molar-refractivity contribution in [1.82, 2.24) is 15.1 Å². The highest BCUT2D eigenvalue weighted by Crippen LogP contribution is 2.15. The Morgan fingerprint density at radius 1 is 1.15 bits per heavy atom. The van der Waals surface area contributed by atoms with Gasteiger partial charge >= 0.3 is 6.03 Å². The topological polar surface area (TPSA) is 62.2 Å². The molecule has 0 aliphatic carbocycles. The van der Waals surface area contributed by atoms with Crippen molar-refractivity contribution in [2.75, 3.05) is 23.8 Å². The number of benzene rings is 2. The van der Waals surface area contributed by atoms with Gasteiger partial charge in [0.25, 0.3) is 0 Å². The Balaban J connectivity index is 1.54. The number of nitrogens with zero attached hydrogens (tertiary/aromatic N) is 3. The summed E-state index contributed by atoms with van der Waals surface area (Å²) in [6, 6.07) is 19.5. The lowest BCUT2D eigenvalue weighted by atomic mass is 10.2. The smallest absolute Gasteiger partial charge is 0.319 e. The molecule has 0 aliphatic rings. The summed E-state index contributed by atoms with van der Waals surface area (Å²) in [5.41, 5.74) is 2.73. The highest BCUT2D eigenvalue weighted by atomic mass is 16.2. The molecule has 0 saturated carbocycles. The van der Waals surface area contributed by atoms with Crippen LogP contribution in [0.3, 0.4) is 0 Å². The van der Waals surface area contributed by atoms with Gasteiger partial charge in [-0.05, 0) is 43.3 Å². The van der Waals surface area contributed by atoms with Gasteiger partial charge in [0.2, 0.25) is 0 Å². The summed E-state index contributed by atoms with van der Waals surface area (Å²) in [6.07, 6.45) is 3.58. The summed E-state index contributed by atoms with van der Waals surface area (Å²) in [5, 5.41) is 9.99. The number of urea groups is 1. The molecule has 0 fully saturated rings. The number of anilines is 2. The molecule has 0 saturated heterocycles. The molecule has 3 aromatic rings. The van der Waals surface area contributed by atoms with E-state index in [4.69, 9.17) is 0 Å². The summed E-state index contributed by atoms with van der Waals surface area (Å²) in [7, 11) is 2.02. The molecule has 0 radical (unpaired) electrons. The molecule has 0 aliphatic heterocycles. The van der Waals surface area contributed by atoms with Crippen molar-refractivity contribution in [2.24, 2.45) is 0 Å². The van der Waals surface area contributed by atoms with E-state index in [9.17, 15) is 4.79 Å². The summed E-state index contributed by atoms with van der Waals surface area (Å²) in [4.78, 5) is 14.3. The third kappa shape index (κ3) is 4.42. The van der Waals surface area contributed by atoms with Gasteiger partial charge in [-0.25, -0.2) is 9.48 Å². The maximum atomic E-state index is 12.2. The normalized spacial score (nSPS) is 11.6. The fourth-order valence-electron chi connectivity index (χ4n) is 2.62. The van der Waals surface area contributed by atoms with Gasteiger partial charge in [-0.2, -0.15) is 5.10 Å². The first-order chi connectivity index (χ1) is 12.6. The first-order valence-electron chi connectivity index (χ1n) is 8.56. The fraction of sp³-hybridized carbons (Fsp3) is 0.200. The van der Waals surface area contributed by atoms with Crippen molar-refractivity contribution < 1.29 is 4.79 Å². The van der Waals surface area contributed by atoms with E-state index in [-0.39, 0.29) is 12.1 Å². The van der Waals surface area contributed by atoms with E-state index in [1.807, 2.05) is 61.8 Å². The third-order valence-corrected chi connectivity index (χ3v) is 4.26. The number of hydrogen-bond donors (Lipinski definition) is 2. The highest BCUT2D eigenvalue weighted by molar-refractivity contribution is 5.89. The summed E-state index contributed by atoms with van der Waals surface area (Å²) < 4.78 is 1.75. The molecule has 6 heteroatoms. The molecule has 1 heterocycles. The molecule has 2 N–H and O–H groups in total. The zero-order valence-electron chi connectivity index (χ0n) is 15.0. The molecule has 6 nitrogen and oxygen atoms in total. The predicted molar refractivity (Wildman–Crippen MR) is 105 cm³/mol. The van der Waals surface area contributed by atoms with Crippen LogP contribution in [0.1, 0.15) is 6.92 Å². The average Bonchev–Trinajstić information content (AvgIpc) is 3.21. The first-order valence-corrected chi connectivity index (χ1v) is 8.56. The maximum absolute atomic E-state index is 12.2. The molecule has 1 atom stereocenters. The number of carbonyl (C=O) groups is 1. The van der Waals surface area contributed by atoms with Crippen LogP contribution in [0.4, 0.5) is 16.2 Å². The van der Waals surface area contributed by atoms with Crippen LogP contribution in [0.2, 0.25) is 0 Å². The fourth-order valence-corrected chi connectivity index (χ4v) is 2.62. The number of para-hydroxylation sites is 1. The third-order valence-electron chi connectivity index (χ3n) is 4.26. The van der Waals surface area contributed by atoms with Crippen molar-refractivity contribution in [3.63, 3.8) is 0 Å². The molecule has 0 spiro atoms. The van der Waals surface area contributed by atoms with Crippen molar-refractivity contribution in [3.8, 4) is 5.69 Å². The van der Waals surface area contributed by atoms with Crippen molar-refractivity contribution in [1.29, 1.82) is 0 Å². The Morgan fingerprint density at radius 2 is 1.96 bits per heavy atom. The molecule has 2 amide bonds. The molecule has 2 aromatic carbocycles. The molecule has 0 bridgehead atoms. The number of hydrogen-bond acceptors (Lipinski definition) is 3. The van der Waals surface area contributed by atoms with Crippen LogP contribution in [-0.4, -0.2) is 35.4 Å². The summed E-state index contributed by atoms with van der Waals surface area (Å²) in [6.45, 7) is 2.61. The first kappa shape index (κ1) is 17.5. The average molecular weight is 349 g/mol. The number of nitrogens with one attached hydrogen (secondary N) is 2. The summed E-state index contributed by atoms with van der Waals surface area (Å²) in [5.74, 6) is 0. The SMILES string of the molecule is C[C@H](CNC(=O)Nc1cccc(-n2cccn2)c1)N(C)c1ccccc1. The standard InChI is InChI=1S/C20H23N5O/c1-16(24(2)18-9-4-3-5-10-18)15-21-20(26)23-17-8-6-11-19(14-17)25-13-7-12-22-25/h3-14,16H,15H2,1-2H3,(H2,21,23,26)/t16-/m1/s1. The Labute approximate surface area is 153 Å². The lowest BCUT2D eigenvalue weighted by Crippen LogP contribution is -2.41. The van der Waals surface area contributed by atoms with E-state index in [1.165, 1.54) is 0 Å². The zero-order valence-corrected chi connectivity index (χ0v) is 15.0. The quantitative estimate of drug-likeness (QED) is 0.716. The van der Waals surface area contributed by atoms with E-state index in [2.05, 4.69) is 39.7 Å². The predicted octanol–water partition coefficient (Wildman–Crippen LogP) is 3.52. The minimum absolute atomic E-state index is 0.165. The van der Waals surface area contributed by atoms with Gasteiger partial charge in [-0.15, -0.1) is 0 Å². The van der Waals surface area contributed by atoms with Crippen LogP contribution in [0, 0.1) is 0 Å². The monoisotopic (exact) mass is 349 g/mol. The van der Waals surface area contributed by atoms with Crippen LogP contribution < -0.4 is 15.5 Å². The number of likely N-dealkylation sites (N-methyl/N-ethyl adjacent to an activating group) is 1. The van der Waals surface area contributed by atoms with Crippen molar-refractivity contribution in [2.45, 2.75) is 13.0 Å². The Bertz CT molecular complexity index is 832. The van der Waals surface area contributed by atoms with E-state index in [0.29, 0.717) is 6.54 Å². The van der Waals surface area contributed by atoms with Gasteiger partial charge in [-0.1, -0.05) is 24.3 Å². The lowest BCUT2D eigenvalue weighted by molar-refractivity contribution is 0.251. The van der Waals surface area contributed by atoms with E-state index >= 15 is 0 Å². The minimum atomic E-state index is -0.226. The second-order valence-electron chi connectivity index (χ2n) is 6.13. The molecule has 0 unspecified atom stereocenters. The molecule has 26 heavy (non-hydrogen) atoms. The van der Waals surface area contributed by atoms with Crippen LogP contribution in [0.15, 0.2) is 73.1 Å². The van der Waals surface area contributed by atoms with Crippen LogP contribution >= 0.6 is 0 Å².